The molecule has 0 bridgehead atoms. The third kappa shape index (κ3) is 5.08. The monoisotopic (exact) mass is 402 g/mol. The number of nitrogens with zero attached hydrogens (tertiary/aromatic N) is 4. The molecule has 0 unspecified atom stereocenters. The van der Waals surface area contributed by atoms with Crippen molar-refractivity contribution in [2.45, 2.75) is 51.2 Å². The molecule has 0 N–H and O–H groups in total. The Labute approximate surface area is 174 Å². The lowest BCUT2D eigenvalue weighted by molar-refractivity contribution is -0.145. The molecule has 4 heterocycles. The normalized spacial score (nSPS) is 25.3. The van der Waals surface area contributed by atoms with Crippen molar-refractivity contribution in [3.63, 3.8) is 0 Å². The Kier molecular flexibility index (Phi) is 7.00. The average molecular weight is 403 g/mol. The Morgan fingerprint density at radius 3 is 2.59 bits per heavy atom. The van der Waals surface area contributed by atoms with Gasteiger partial charge >= 0.3 is 0 Å². The van der Waals surface area contributed by atoms with E-state index in [1.165, 1.54) is 0 Å². The molecule has 160 valence electrons. The van der Waals surface area contributed by atoms with E-state index in [-0.39, 0.29) is 6.04 Å². The van der Waals surface area contributed by atoms with Gasteiger partial charge in [0.15, 0.2) is 0 Å². The van der Waals surface area contributed by atoms with Crippen LogP contribution in [0.5, 0.6) is 5.75 Å². The van der Waals surface area contributed by atoms with E-state index in [4.69, 9.17) is 9.47 Å². The molecule has 0 spiro atoms. The van der Waals surface area contributed by atoms with Gasteiger partial charge in [0.05, 0.1) is 24.5 Å². The molecule has 1 amide bonds. The quantitative estimate of drug-likeness (QED) is 0.723. The fourth-order valence-electron chi connectivity index (χ4n) is 4.80. The van der Waals surface area contributed by atoms with Gasteiger partial charge in [0.1, 0.15) is 5.75 Å². The first kappa shape index (κ1) is 20.6. The maximum absolute atomic E-state index is 13.2. The van der Waals surface area contributed by atoms with E-state index in [0.29, 0.717) is 18.6 Å². The van der Waals surface area contributed by atoms with Gasteiger partial charge < -0.3 is 14.4 Å². The average Bonchev–Trinajstić information content (AvgIpc) is 2.77. The molecule has 1 aromatic heterocycles. The number of piperidine rings is 1. The zero-order chi connectivity index (χ0) is 20.1. The lowest BCUT2D eigenvalue weighted by atomic mass is 9.97. The minimum Gasteiger partial charge on any atom is -0.492 e. The molecule has 29 heavy (non-hydrogen) atoms. The van der Waals surface area contributed by atoms with Crippen molar-refractivity contribution in [1.82, 2.24) is 19.7 Å². The van der Waals surface area contributed by atoms with Crippen molar-refractivity contribution in [3.8, 4) is 5.75 Å². The Hall–Kier alpha value is -1.70. The second kappa shape index (κ2) is 9.87. The van der Waals surface area contributed by atoms with Crippen molar-refractivity contribution in [2.75, 3.05) is 52.5 Å². The fraction of sp³-hybridized carbons (Fsp3) is 0.727. The highest BCUT2D eigenvalue weighted by molar-refractivity contribution is 5.83. The van der Waals surface area contributed by atoms with E-state index in [1.807, 2.05) is 19.1 Å². The second-order valence-corrected chi connectivity index (χ2v) is 8.26. The lowest BCUT2D eigenvalue weighted by Gasteiger charge is -2.45. The molecule has 4 rings (SSSR count). The van der Waals surface area contributed by atoms with Crippen molar-refractivity contribution in [1.29, 1.82) is 0 Å². The van der Waals surface area contributed by atoms with Gasteiger partial charge in [-0.25, -0.2) is 0 Å². The van der Waals surface area contributed by atoms with Crippen LogP contribution in [0.1, 0.15) is 38.3 Å². The van der Waals surface area contributed by atoms with Crippen LogP contribution < -0.4 is 4.74 Å². The summed E-state index contributed by atoms with van der Waals surface area (Å²) in [5.74, 6) is 1.18. The second-order valence-electron chi connectivity index (χ2n) is 8.26. The number of pyridine rings is 1. The maximum atomic E-state index is 13.2. The van der Waals surface area contributed by atoms with E-state index in [2.05, 4.69) is 19.7 Å². The van der Waals surface area contributed by atoms with Gasteiger partial charge in [0, 0.05) is 58.5 Å². The van der Waals surface area contributed by atoms with Gasteiger partial charge in [0.25, 0.3) is 0 Å². The lowest BCUT2D eigenvalue weighted by Crippen LogP contribution is -2.59. The van der Waals surface area contributed by atoms with E-state index < -0.39 is 0 Å². The molecule has 0 aromatic carbocycles. The Bertz CT molecular complexity index is 655. The summed E-state index contributed by atoms with van der Waals surface area (Å²) < 4.78 is 11.0. The van der Waals surface area contributed by atoms with E-state index >= 15 is 0 Å². The van der Waals surface area contributed by atoms with Gasteiger partial charge in [0.2, 0.25) is 5.91 Å². The number of ether oxygens (including phenoxy) is 2. The Balaban J connectivity index is 1.28. The van der Waals surface area contributed by atoms with Crippen LogP contribution in [-0.4, -0.2) is 90.2 Å². The van der Waals surface area contributed by atoms with E-state index in [1.54, 1.807) is 6.20 Å². The third-order valence-corrected chi connectivity index (χ3v) is 6.42. The zero-order valence-electron chi connectivity index (χ0n) is 17.6. The number of carbonyl (C=O) groups is 1. The van der Waals surface area contributed by atoms with Crippen molar-refractivity contribution in [3.05, 3.63) is 24.0 Å². The Morgan fingerprint density at radius 1 is 1.10 bits per heavy atom. The first-order valence-electron chi connectivity index (χ1n) is 11.2. The van der Waals surface area contributed by atoms with Gasteiger partial charge in [-0.1, -0.05) is 0 Å². The summed E-state index contributed by atoms with van der Waals surface area (Å²) in [5, 5.41) is 0. The predicted octanol–water partition coefficient (Wildman–Crippen LogP) is 1.77. The van der Waals surface area contributed by atoms with Gasteiger partial charge in [-0.05, 0) is 44.7 Å². The molecule has 0 aliphatic carbocycles. The summed E-state index contributed by atoms with van der Waals surface area (Å²) >= 11 is 0. The summed E-state index contributed by atoms with van der Waals surface area (Å²) in [4.78, 5) is 24.7. The molecule has 7 nitrogen and oxygen atoms in total. The van der Waals surface area contributed by atoms with Crippen LogP contribution in [0.25, 0.3) is 0 Å². The van der Waals surface area contributed by atoms with Crippen LogP contribution in [0.4, 0.5) is 0 Å². The van der Waals surface area contributed by atoms with Crippen molar-refractivity contribution in [2.24, 2.45) is 0 Å². The number of hydrogen-bond acceptors (Lipinski definition) is 6. The number of carbonyl (C=O) groups excluding carboxylic acids is 1. The van der Waals surface area contributed by atoms with E-state index in [0.717, 1.165) is 89.6 Å². The van der Waals surface area contributed by atoms with Gasteiger partial charge in [-0.2, -0.15) is 0 Å². The summed E-state index contributed by atoms with van der Waals surface area (Å²) in [5.41, 5.74) is 1.07. The summed E-state index contributed by atoms with van der Waals surface area (Å²) in [6.07, 6.45) is 5.90. The molecule has 3 aliphatic rings. The molecular weight excluding hydrogens is 368 g/mol. The van der Waals surface area contributed by atoms with Crippen LogP contribution in [-0.2, 0) is 16.1 Å². The standard InChI is InChI=1S/C22H34N4O3/c1-2-29-20-6-5-18(23-16-20)17-24-10-12-25(13-11-24)21-4-3-9-26(22(21)27)19-7-14-28-15-8-19/h5-6,16,19,21H,2-4,7-15,17H2,1H3/t21-/m1/s1. The first-order chi connectivity index (χ1) is 14.2. The van der Waals surface area contributed by atoms with Gasteiger partial charge in [-0.3, -0.25) is 19.6 Å². The molecule has 1 atom stereocenters. The molecule has 7 heteroatoms. The highest BCUT2D eigenvalue weighted by atomic mass is 16.5. The van der Waals surface area contributed by atoms with Crippen LogP contribution in [0.2, 0.25) is 0 Å². The highest BCUT2D eigenvalue weighted by Crippen LogP contribution is 2.24. The van der Waals surface area contributed by atoms with E-state index in [9.17, 15) is 4.79 Å². The molecule has 3 fully saturated rings. The topological polar surface area (TPSA) is 58.1 Å². The molecule has 0 saturated carbocycles. The van der Waals surface area contributed by atoms with Crippen molar-refractivity contribution >= 4 is 5.91 Å². The molecule has 3 aliphatic heterocycles. The van der Waals surface area contributed by atoms with Crippen LogP contribution in [0.3, 0.4) is 0 Å². The van der Waals surface area contributed by atoms with Crippen LogP contribution >= 0.6 is 0 Å². The zero-order valence-corrected chi connectivity index (χ0v) is 17.6. The number of aromatic nitrogens is 1. The molecule has 1 aromatic rings. The SMILES string of the molecule is CCOc1ccc(CN2CCN([C@@H]3CCCN(C4CCOCC4)C3=O)CC2)nc1. The Morgan fingerprint density at radius 2 is 1.90 bits per heavy atom. The van der Waals surface area contributed by atoms with Gasteiger partial charge in [-0.15, -0.1) is 0 Å². The maximum Gasteiger partial charge on any atom is 0.240 e. The predicted molar refractivity (Wildman–Crippen MR) is 111 cm³/mol. The summed E-state index contributed by atoms with van der Waals surface area (Å²) in [6.45, 7) is 9.86. The minimum atomic E-state index is 0.0670. The van der Waals surface area contributed by atoms with Crippen molar-refractivity contribution < 1.29 is 14.3 Å². The highest BCUT2D eigenvalue weighted by Gasteiger charge is 2.37. The fourth-order valence-corrected chi connectivity index (χ4v) is 4.80. The number of likely N-dealkylation sites (tertiary alicyclic amines) is 1. The number of rotatable bonds is 6. The number of amides is 1. The smallest absolute Gasteiger partial charge is 0.240 e. The summed E-state index contributed by atoms with van der Waals surface area (Å²) in [7, 11) is 0. The number of hydrogen-bond donors (Lipinski definition) is 0. The van der Waals surface area contributed by atoms with Crippen LogP contribution in [0, 0.1) is 0 Å². The largest absolute Gasteiger partial charge is 0.492 e. The van der Waals surface area contributed by atoms with Crippen LogP contribution in [0.15, 0.2) is 18.3 Å². The molecule has 3 saturated heterocycles. The third-order valence-electron chi connectivity index (χ3n) is 6.42. The number of piperazine rings is 1. The minimum absolute atomic E-state index is 0.0670. The molecular formula is C22H34N4O3. The first-order valence-corrected chi connectivity index (χ1v) is 11.2. The molecule has 0 radical (unpaired) electrons. The summed E-state index contributed by atoms with van der Waals surface area (Å²) in [6, 6.07) is 4.49.